The van der Waals surface area contributed by atoms with E-state index in [0.717, 1.165) is 27.1 Å². The first-order valence-corrected chi connectivity index (χ1v) is 13.1. The molecule has 1 aliphatic rings. The second-order valence-corrected chi connectivity index (χ2v) is 10.1. The average molecular weight is 551 g/mol. The summed E-state index contributed by atoms with van der Waals surface area (Å²) in [5.41, 5.74) is 2.08. The molecule has 1 aliphatic heterocycles. The molecule has 0 unspecified atom stereocenters. The van der Waals surface area contributed by atoms with E-state index in [1.807, 2.05) is 71.6 Å². The van der Waals surface area contributed by atoms with Crippen LogP contribution in [0.2, 0.25) is 5.02 Å². The molecule has 1 fully saturated rings. The van der Waals surface area contributed by atoms with Crippen LogP contribution in [0.15, 0.2) is 99.5 Å². The van der Waals surface area contributed by atoms with Crippen LogP contribution in [0.3, 0.4) is 0 Å². The Kier molecular flexibility index (Phi) is 7.76. The van der Waals surface area contributed by atoms with E-state index in [1.165, 1.54) is 7.11 Å². The summed E-state index contributed by atoms with van der Waals surface area (Å²) >= 11 is 13.9. The number of nitrogens with one attached hydrogen (secondary N) is 2. The highest BCUT2D eigenvalue weighted by atomic mass is 35.5. The molecule has 0 spiro atoms. The summed E-state index contributed by atoms with van der Waals surface area (Å²) in [6.07, 6.45) is 1.76. The second-order valence-electron chi connectivity index (χ2n) is 8.21. The largest absolute Gasteiger partial charge is 0.452 e. The number of methoxy groups -OCH3 is 1. The van der Waals surface area contributed by atoms with Crippen molar-refractivity contribution in [3.8, 4) is 0 Å². The van der Waals surface area contributed by atoms with Gasteiger partial charge in [0.05, 0.1) is 22.4 Å². The van der Waals surface area contributed by atoms with Crippen LogP contribution in [0.1, 0.15) is 23.5 Å². The zero-order valence-corrected chi connectivity index (χ0v) is 22.1. The molecule has 3 heterocycles. The Hall–Kier alpha value is -3.37. The molecule has 1 amide bonds. The van der Waals surface area contributed by atoms with Gasteiger partial charge in [0.1, 0.15) is 18.4 Å². The second kappa shape index (κ2) is 11.4. The van der Waals surface area contributed by atoms with Crippen molar-refractivity contribution < 1.29 is 13.9 Å². The van der Waals surface area contributed by atoms with Crippen molar-refractivity contribution in [2.45, 2.75) is 22.1 Å². The molecular weight excluding hydrogens is 528 g/mol. The summed E-state index contributed by atoms with van der Waals surface area (Å²) in [4.78, 5) is 19.6. The minimum atomic E-state index is -0.322. The van der Waals surface area contributed by atoms with Gasteiger partial charge in [-0.25, -0.2) is 0 Å². The van der Waals surface area contributed by atoms with Crippen molar-refractivity contribution in [1.82, 2.24) is 10.3 Å². The highest BCUT2D eigenvalue weighted by molar-refractivity contribution is 7.99. The third-order valence-corrected chi connectivity index (χ3v) is 7.29. The van der Waals surface area contributed by atoms with Crippen molar-refractivity contribution in [2.24, 2.45) is 0 Å². The van der Waals surface area contributed by atoms with Gasteiger partial charge in [0.2, 0.25) is 5.91 Å². The first-order chi connectivity index (χ1) is 18.0. The molecule has 1 saturated heterocycles. The summed E-state index contributed by atoms with van der Waals surface area (Å²) in [6, 6.07) is 24.6. The summed E-state index contributed by atoms with van der Waals surface area (Å²) in [5, 5.41) is 7.82. The first-order valence-electron chi connectivity index (χ1n) is 11.4. The zero-order chi connectivity index (χ0) is 25.8. The molecule has 0 radical (unpaired) electrons. The Morgan fingerprint density at radius 1 is 1.16 bits per heavy atom. The number of thiocarbonyl (C=S) groups is 1. The van der Waals surface area contributed by atoms with Crippen LogP contribution in [0.4, 0.5) is 11.4 Å². The molecule has 4 aromatic rings. The van der Waals surface area contributed by atoms with Crippen LogP contribution in [0.5, 0.6) is 0 Å². The smallest absolute Gasteiger partial charge is 0.250 e. The van der Waals surface area contributed by atoms with E-state index >= 15 is 0 Å². The van der Waals surface area contributed by atoms with Gasteiger partial charge in [0, 0.05) is 23.9 Å². The molecule has 10 heteroatoms. The van der Waals surface area contributed by atoms with Crippen LogP contribution >= 0.6 is 35.6 Å². The molecule has 37 heavy (non-hydrogen) atoms. The van der Waals surface area contributed by atoms with Gasteiger partial charge in [-0.3, -0.25) is 9.78 Å². The van der Waals surface area contributed by atoms with E-state index in [1.54, 1.807) is 30.1 Å². The predicted molar refractivity (Wildman–Crippen MR) is 149 cm³/mol. The third-order valence-electron chi connectivity index (χ3n) is 5.73. The number of ether oxygens (including phenoxy) is 1. The Morgan fingerprint density at radius 3 is 2.70 bits per heavy atom. The van der Waals surface area contributed by atoms with Crippen molar-refractivity contribution in [1.29, 1.82) is 0 Å². The molecule has 0 saturated carbocycles. The van der Waals surface area contributed by atoms with Crippen molar-refractivity contribution in [3.63, 3.8) is 0 Å². The monoisotopic (exact) mass is 550 g/mol. The maximum Gasteiger partial charge on any atom is 0.250 e. The third kappa shape index (κ3) is 5.65. The average Bonchev–Trinajstić information content (AvgIpc) is 3.50. The maximum absolute atomic E-state index is 12.0. The van der Waals surface area contributed by atoms with Crippen LogP contribution in [-0.2, 0) is 9.53 Å². The lowest BCUT2D eigenvalue weighted by Gasteiger charge is -2.26. The molecule has 0 bridgehead atoms. The molecule has 188 valence electrons. The highest BCUT2D eigenvalue weighted by Gasteiger charge is 2.42. The van der Waals surface area contributed by atoms with Gasteiger partial charge >= 0.3 is 0 Å². The number of hydrogen-bond donors (Lipinski definition) is 2. The van der Waals surface area contributed by atoms with Gasteiger partial charge in [-0.1, -0.05) is 47.6 Å². The number of halogens is 1. The number of furan rings is 1. The molecule has 5 rings (SSSR count). The van der Waals surface area contributed by atoms with E-state index in [-0.39, 0.29) is 24.6 Å². The fraction of sp³-hybridized carbons (Fsp3) is 0.148. The van der Waals surface area contributed by atoms with Gasteiger partial charge in [-0.2, -0.15) is 0 Å². The summed E-state index contributed by atoms with van der Waals surface area (Å²) in [5.74, 6) is 0.442. The van der Waals surface area contributed by atoms with Crippen LogP contribution < -0.4 is 15.5 Å². The topological polar surface area (TPSA) is 79.6 Å². The number of hydrogen-bond acceptors (Lipinski definition) is 6. The maximum atomic E-state index is 12.0. The number of aromatic nitrogens is 1. The lowest BCUT2D eigenvalue weighted by Crippen LogP contribution is -2.29. The summed E-state index contributed by atoms with van der Waals surface area (Å²) in [7, 11) is 1.46. The molecule has 2 aromatic heterocycles. The highest BCUT2D eigenvalue weighted by Crippen LogP contribution is 2.44. The summed E-state index contributed by atoms with van der Waals surface area (Å²) in [6.45, 7) is -0.0616. The first kappa shape index (κ1) is 25.3. The van der Waals surface area contributed by atoms with E-state index in [2.05, 4.69) is 15.6 Å². The number of amides is 1. The normalized spacial score (nSPS) is 17.0. The fourth-order valence-corrected chi connectivity index (χ4v) is 5.51. The van der Waals surface area contributed by atoms with Crippen LogP contribution in [0.25, 0.3) is 0 Å². The van der Waals surface area contributed by atoms with Gasteiger partial charge in [-0.05, 0) is 66.8 Å². The van der Waals surface area contributed by atoms with Crippen molar-refractivity contribution in [2.75, 3.05) is 23.9 Å². The lowest BCUT2D eigenvalue weighted by atomic mass is 10.0. The molecule has 2 N–H and O–H groups in total. The van der Waals surface area contributed by atoms with Gasteiger partial charge in [0.25, 0.3) is 0 Å². The van der Waals surface area contributed by atoms with Crippen LogP contribution in [-0.4, -0.2) is 29.7 Å². The minimum Gasteiger partial charge on any atom is -0.452 e. The molecule has 2 atom stereocenters. The number of carbonyl (C=O) groups excluding carboxylic acids is 1. The molecule has 0 aliphatic carbocycles. The molecule has 7 nitrogen and oxygen atoms in total. The minimum absolute atomic E-state index is 0.0616. The Bertz CT molecular complexity index is 1400. The van der Waals surface area contributed by atoms with Crippen molar-refractivity contribution >= 4 is 58.0 Å². The predicted octanol–water partition coefficient (Wildman–Crippen LogP) is 6.24. The zero-order valence-electron chi connectivity index (χ0n) is 19.8. The SMILES string of the molecule is COCC(=O)Nc1ccc(N2C(=S)N[C@@H](c3ccccn3)[C@@H]2c2ccc(Sc3ccccc3)o2)cc1Cl. The van der Waals surface area contributed by atoms with Crippen molar-refractivity contribution in [3.05, 3.63) is 102 Å². The number of rotatable bonds is 8. The Morgan fingerprint density at radius 2 is 1.97 bits per heavy atom. The molecular formula is C27H23ClN4O3S2. The standard InChI is InChI=1S/C27H23ClN4O3S2/c1-34-16-23(33)30-20-11-10-17(15-19(20)28)32-26(25(31-27(32)36)21-9-5-6-14-29-21)22-12-13-24(35-22)37-18-7-3-2-4-8-18/h2-15,25-26H,16H2,1H3,(H,30,33)(H,31,36)/t25-,26-/m0/s1. The number of pyridine rings is 1. The fourth-order valence-electron chi connectivity index (χ4n) is 4.15. The van der Waals surface area contributed by atoms with Gasteiger partial charge < -0.3 is 24.7 Å². The van der Waals surface area contributed by atoms with Gasteiger partial charge in [-0.15, -0.1) is 0 Å². The van der Waals surface area contributed by atoms with Gasteiger partial charge in [0.15, 0.2) is 10.2 Å². The molecule has 2 aromatic carbocycles. The number of benzene rings is 2. The number of anilines is 2. The van der Waals surface area contributed by atoms with E-state index in [4.69, 9.17) is 33.0 Å². The Labute approximate surface area is 229 Å². The summed E-state index contributed by atoms with van der Waals surface area (Å²) < 4.78 is 11.2. The van der Waals surface area contributed by atoms with E-state index in [0.29, 0.717) is 15.8 Å². The van der Waals surface area contributed by atoms with Crippen LogP contribution in [0, 0.1) is 0 Å². The number of nitrogens with zero attached hydrogens (tertiary/aromatic N) is 2. The Balaban J connectivity index is 1.49. The van der Waals surface area contributed by atoms with E-state index in [9.17, 15) is 4.79 Å². The quantitative estimate of drug-likeness (QED) is 0.250. The number of carbonyl (C=O) groups is 1. The lowest BCUT2D eigenvalue weighted by molar-refractivity contribution is -0.119. The van der Waals surface area contributed by atoms with E-state index < -0.39 is 0 Å².